The lowest BCUT2D eigenvalue weighted by atomic mass is 9.88. The molecule has 0 aromatic carbocycles. The van der Waals surface area contributed by atoms with E-state index in [0.29, 0.717) is 25.9 Å². The highest BCUT2D eigenvalue weighted by atomic mass is 16.2. The lowest BCUT2D eigenvalue weighted by molar-refractivity contribution is -0.133. The van der Waals surface area contributed by atoms with E-state index in [0.717, 1.165) is 0 Å². The van der Waals surface area contributed by atoms with Crippen LogP contribution in [0.2, 0.25) is 0 Å². The van der Waals surface area contributed by atoms with E-state index >= 15 is 0 Å². The average molecular weight is 185 g/mol. The van der Waals surface area contributed by atoms with Crippen LogP contribution in [0.25, 0.3) is 0 Å². The van der Waals surface area contributed by atoms with Crippen LogP contribution >= 0.6 is 0 Å². The van der Waals surface area contributed by atoms with Crippen LogP contribution in [0.15, 0.2) is 0 Å². The number of amides is 2. The van der Waals surface area contributed by atoms with Gasteiger partial charge in [0.05, 0.1) is 5.54 Å². The summed E-state index contributed by atoms with van der Waals surface area (Å²) in [5.74, 6) is -0.456. The first-order valence-electron chi connectivity index (χ1n) is 4.30. The molecule has 1 aliphatic heterocycles. The van der Waals surface area contributed by atoms with Gasteiger partial charge in [-0.15, -0.1) is 0 Å². The zero-order valence-electron chi connectivity index (χ0n) is 7.75. The quantitative estimate of drug-likeness (QED) is 0.538. The molecule has 13 heavy (non-hydrogen) atoms. The molecule has 1 saturated heterocycles. The molecule has 1 aliphatic rings. The second-order valence-electron chi connectivity index (χ2n) is 3.53. The number of nitrogens with two attached hydrogens (primary N) is 2. The summed E-state index contributed by atoms with van der Waals surface area (Å²) in [6, 6.07) is 0. The molecule has 0 saturated carbocycles. The van der Waals surface area contributed by atoms with Crippen molar-refractivity contribution in [1.82, 2.24) is 4.90 Å². The molecule has 0 spiro atoms. The SMILES string of the molecule is CC(=O)N1CCC(N)(C(N)=O)CC1. The van der Waals surface area contributed by atoms with Gasteiger partial charge in [-0.2, -0.15) is 0 Å². The number of primary amides is 1. The molecule has 0 unspecified atom stereocenters. The van der Waals surface area contributed by atoms with E-state index in [9.17, 15) is 9.59 Å². The number of hydrogen-bond donors (Lipinski definition) is 2. The predicted molar refractivity (Wildman–Crippen MR) is 47.6 cm³/mol. The third-order valence-electron chi connectivity index (χ3n) is 2.59. The Kier molecular flexibility index (Phi) is 2.56. The van der Waals surface area contributed by atoms with E-state index in [1.807, 2.05) is 0 Å². The van der Waals surface area contributed by atoms with Crippen LogP contribution in [0.1, 0.15) is 19.8 Å². The molecular formula is C8H15N3O2. The Balaban J connectivity index is 2.56. The summed E-state index contributed by atoms with van der Waals surface area (Å²) >= 11 is 0. The zero-order valence-corrected chi connectivity index (χ0v) is 7.75. The minimum absolute atomic E-state index is 0.0199. The number of carbonyl (C=O) groups is 2. The second kappa shape index (κ2) is 3.33. The third-order valence-corrected chi connectivity index (χ3v) is 2.59. The first-order valence-corrected chi connectivity index (χ1v) is 4.30. The van der Waals surface area contributed by atoms with Crippen molar-refractivity contribution in [2.75, 3.05) is 13.1 Å². The van der Waals surface area contributed by atoms with Crippen molar-refractivity contribution in [2.45, 2.75) is 25.3 Å². The molecular weight excluding hydrogens is 170 g/mol. The Morgan fingerprint density at radius 1 is 1.31 bits per heavy atom. The molecule has 74 valence electrons. The minimum atomic E-state index is -0.911. The summed E-state index contributed by atoms with van der Waals surface area (Å²) in [5, 5.41) is 0. The Labute approximate surface area is 77.1 Å². The minimum Gasteiger partial charge on any atom is -0.368 e. The van der Waals surface area contributed by atoms with Gasteiger partial charge in [0.15, 0.2) is 0 Å². The number of carbonyl (C=O) groups excluding carboxylic acids is 2. The van der Waals surface area contributed by atoms with Gasteiger partial charge in [-0.3, -0.25) is 9.59 Å². The summed E-state index contributed by atoms with van der Waals surface area (Å²) in [6.45, 7) is 2.55. The van der Waals surface area contributed by atoms with E-state index in [1.54, 1.807) is 4.90 Å². The Bertz CT molecular complexity index is 232. The van der Waals surface area contributed by atoms with E-state index in [-0.39, 0.29) is 5.91 Å². The number of likely N-dealkylation sites (tertiary alicyclic amines) is 1. The van der Waals surface area contributed by atoms with Gasteiger partial charge in [0.25, 0.3) is 0 Å². The third kappa shape index (κ3) is 1.98. The van der Waals surface area contributed by atoms with Crippen molar-refractivity contribution in [3.8, 4) is 0 Å². The van der Waals surface area contributed by atoms with Gasteiger partial charge < -0.3 is 16.4 Å². The molecule has 1 heterocycles. The van der Waals surface area contributed by atoms with Crippen molar-refractivity contribution in [2.24, 2.45) is 11.5 Å². The van der Waals surface area contributed by atoms with Crippen molar-refractivity contribution in [3.63, 3.8) is 0 Å². The van der Waals surface area contributed by atoms with Crippen LogP contribution in [-0.2, 0) is 9.59 Å². The van der Waals surface area contributed by atoms with Gasteiger partial charge in [0.2, 0.25) is 11.8 Å². The number of nitrogens with zero attached hydrogens (tertiary/aromatic N) is 1. The molecule has 0 aromatic rings. The topological polar surface area (TPSA) is 89.4 Å². The molecule has 0 radical (unpaired) electrons. The van der Waals surface area contributed by atoms with Crippen LogP contribution in [0.3, 0.4) is 0 Å². The van der Waals surface area contributed by atoms with Crippen LogP contribution < -0.4 is 11.5 Å². The fourth-order valence-electron chi connectivity index (χ4n) is 1.47. The molecule has 0 bridgehead atoms. The smallest absolute Gasteiger partial charge is 0.237 e. The van der Waals surface area contributed by atoms with E-state index < -0.39 is 11.4 Å². The van der Waals surface area contributed by atoms with Crippen LogP contribution in [-0.4, -0.2) is 35.3 Å². The highest BCUT2D eigenvalue weighted by molar-refractivity contribution is 5.85. The van der Waals surface area contributed by atoms with E-state index in [4.69, 9.17) is 11.5 Å². The first kappa shape index (κ1) is 9.98. The molecule has 4 N–H and O–H groups in total. The van der Waals surface area contributed by atoms with Gasteiger partial charge >= 0.3 is 0 Å². The van der Waals surface area contributed by atoms with Gasteiger partial charge in [0, 0.05) is 20.0 Å². The number of hydrogen-bond acceptors (Lipinski definition) is 3. The molecule has 5 heteroatoms. The molecule has 0 aliphatic carbocycles. The zero-order chi connectivity index (χ0) is 10.1. The summed E-state index contributed by atoms with van der Waals surface area (Å²) in [6.07, 6.45) is 0.920. The maximum Gasteiger partial charge on any atom is 0.237 e. The highest BCUT2D eigenvalue weighted by Crippen LogP contribution is 2.18. The number of rotatable bonds is 1. The van der Waals surface area contributed by atoms with Crippen LogP contribution in [0, 0.1) is 0 Å². The monoisotopic (exact) mass is 185 g/mol. The summed E-state index contributed by atoms with van der Waals surface area (Å²) < 4.78 is 0. The van der Waals surface area contributed by atoms with Crippen molar-refractivity contribution in [1.29, 1.82) is 0 Å². The maximum absolute atomic E-state index is 10.9. The highest BCUT2D eigenvalue weighted by Gasteiger charge is 2.36. The fourth-order valence-corrected chi connectivity index (χ4v) is 1.47. The first-order chi connectivity index (χ1) is 5.96. The Hall–Kier alpha value is -1.10. The molecule has 1 rings (SSSR count). The summed E-state index contributed by atoms with van der Waals surface area (Å²) in [4.78, 5) is 23.6. The van der Waals surface area contributed by atoms with Crippen LogP contribution in [0.4, 0.5) is 0 Å². The molecule has 1 fully saturated rings. The predicted octanol–water partition coefficient (Wildman–Crippen LogP) is -1.19. The lowest BCUT2D eigenvalue weighted by Gasteiger charge is -2.36. The van der Waals surface area contributed by atoms with E-state index in [1.165, 1.54) is 6.92 Å². The molecule has 0 atom stereocenters. The molecule has 5 nitrogen and oxygen atoms in total. The van der Waals surface area contributed by atoms with Crippen molar-refractivity contribution >= 4 is 11.8 Å². The van der Waals surface area contributed by atoms with Gasteiger partial charge in [-0.25, -0.2) is 0 Å². The summed E-state index contributed by atoms with van der Waals surface area (Å²) in [5.41, 5.74) is 10.00. The maximum atomic E-state index is 10.9. The number of piperidine rings is 1. The second-order valence-corrected chi connectivity index (χ2v) is 3.53. The van der Waals surface area contributed by atoms with Crippen molar-refractivity contribution in [3.05, 3.63) is 0 Å². The van der Waals surface area contributed by atoms with E-state index in [2.05, 4.69) is 0 Å². The molecule has 0 aromatic heterocycles. The summed E-state index contributed by atoms with van der Waals surface area (Å²) in [7, 11) is 0. The largest absolute Gasteiger partial charge is 0.368 e. The Morgan fingerprint density at radius 2 is 1.77 bits per heavy atom. The van der Waals surface area contributed by atoms with Gasteiger partial charge in [-0.05, 0) is 12.8 Å². The Morgan fingerprint density at radius 3 is 2.08 bits per heavy atom. The lowest BCUT2D eigenvalue weighted by Crippen LogP contribution is -2.58. The molecule has 2 amide bonds. The standard InChI is InChI=1S/C8H15N3O2/c1-6(12)11-4-2-8(10,3-5-11)7(9)13/h2-5,10H2,1H3,(H2,9,13). The average Bonchev–Trinajstić information content (AvgIpc) is 2.04. The van der Waals surface area contributed by atoms with Crippen LogP contribution in [0.5, 0.6) is 0 Å². The fraction of sp³-hybridized carbons (Fsp3) is 0.750. The van der Waals surface area contributed by atoms with Gasteiger partial charge in [0.1, 0.15) is 0 Å². The normalized spacial score (nSPS) is 21.2. The van der Waals surface area contributed by atoms with Crippen molar-refractivity contribution < 1.29 is 9.59 Å². The van der Waals surface area contributed by atoms with Gasteiger partial charge in [-0.1, -0.05) is 0 Å².